The topological polar surface area (TPSA) is 65.5 Å². The number of amides is 1. The van der Waals surface area contributed by atoms with Crippen LogP contribution >= 0.6 is 24.0 Å². The fourth-order valence-corrected chi connectivity index (χ4v) is 2.64. The SMILES string of the molecule is CCNC(=NCCC1=CCCCC1)NCCNC(=O)C1CC1.I. The van der Waals surface area contributed by atoms with Crippen LogP contribution in [0.2, 0.25) is 0 Å². The highest BCUT2D eigenvalue weighted by Crippen LogP contribution is 2.28. The summed E-state index contributed by atoms with van der Waals surface area (Å²) >= 11 is 0. The van der Waals surface area contributed by atoms with E-state index in [9.17, 15) is 4.79 Å². The summed E-state index contributed by atoms with van der Waals surface area (Å²) in [4.78, 5) is 16.1. The summed E-state index contributed by atoms with van der Waals surface area (Å²) in [5.74, 6) is 1.33. The molecule has 0 heterocycles. The first-order valence-electron chi connectivity index (χ1n) is 8.77. The van der Waals surface area contributed by atoms with Crippen molar-refractivity contribution in [3.8, 4) is 0 Å². The van der Waals surface area contributed by atoms with Crippen LogP contribution in [0, 0.1) is 5.92 Å². The minimum Gasteiger partial charge on any atom is -0.357 e. The summed E-state index contributed by atoms with van der Waals surface area (Å²) in [6.45, 7) is 5.12. The van der Waals surface area contributed by atoms with Crippen LogP contribution in [0.1, 0.15) is 51.9 Å². The number of allylic oxidation sites excluding steroid dienone is 1. The molecule has 0 aromatic carbocycles. The first kappa shape index (κ1) is 20.3. The highest BCUT2D eigenvalue weighted by Gasteiger charge is 2.28. The molecule has 2 aliphatic rings. The van der Waals surface area contributed by atoms with Crippen molar-refractivity contribution in [3.63, 3.8) is 0 Å². The van der Waals surface area contributed by atoms with Gasteiger partial charge in [-0.25, -0.2) is 0 Å². The lowest BCUT2D eigenvalue weighted by Crippen LogP contribution is -2.41. The first-order chi connectivity index (χ1) is 10.8. The molecule has 2 aliphatic carbocycles. The van der Waals surface area contributed by atoms with E-state index < -0.39 is 0 Å². The number of carbonyl (C=O) groups excluding carboxylic acids is 1. The molecule has 0 unspecified atom stereocenters. The van der Waals surface area contributed by atoms with E-state index in [1.165, 1.54) is 25.7 Å². The van der Waals surface area contributed by atoms with E-state index in [2.05, 4.69) is 33.9 Å². The van der Waals surface area contributed by atoms with Crippen molar-refractivity contribution in [2.75, 3.05) is 26.2 Å². The molecule has 132 valence electrons. The molecule has 1 saturated carbocycles. The van der Waals surface area contributed by atoms with Gasteiger partial charge in [0.05, 0.1) is 0 Å². The van der Waals surface area contributed by atoms with Crippen LogP contribution in [0.5, 0.6) is 0 Å². The maximum atomic E-state index is 11.5. The fraction of sp³-hybridized carbons (Fsp3) is 0.765. The Morgan fingerprint density at radius 2 is 2.00 bits per heavy atom. The zero-order valence-corrected chi connectivity index (χ0v) is 16.5. The zero-order chi connectivity index (χ0) is 15.6. The third-order valence-corrected chi connectivity index (χ3v) is 4.10. The summed E-state index contributed by atoms with van der Waals surface area (Å²) in [6.07, 6.45) is 10.7. The highest BCUT2D eigenvalue weighted by atomic mass is 127. The molecular formula is C17H31IN4O. The molecular weight excluding hydrogens is 403 g/mol. The lowest BCUT2D eigenvalue weighted by Gasteiger charge is -2.13. The van der Waals surface area contributed by atoms with Gasteiger partial charge < -0.3 is 16.0 Å². The fourth-order valence-electron chi connectivity index (χ4n) is 2.64. The van der Waals surface area contributed by atoms with Gasteiger partial charge in [0.1, 0.15) is 0 Å². The standard InChI is InChI=1S/C17H30N4O.HI/c1-2-18-17(20-11-10-14-6-4-3-5-7-14)21-13-12-19-16(22)15-8-9-15;/h6,15H,2-5,7-13H2,1H3,(H,19,22)(H2,18,20,21);1H. The predicted molar refractivity (Wildman–Crippen MR) is 106 cm³/mol. The molecule has 0 bridgehead atoms. The van der Waals surface area contributed by atoms with Crippen LogP contribution in [0.15, 0.2) is 16.6 Å². The van der Waals surface area contributed by atoms with Crippen molar-refractivity contribution < 1.29 is 4.79 Å². The second kappa shape index (κ2) is 11.7. The molecule has 0 spiro atoms. The van der Waals surface area contributed by atoms with Gasteiger partial charge in [-0.15, -0.1) is 24.0 Å². The highest BCUT2D eigenvalue weighted by molar-refractivity contribution is 14.0. The molecule has 23 heavy (non-hydrogen) atoms. The normalized spacial score (nSPS) is 17.8. The Morgan fingerprint density at radius 3 is 2.65 bits per heavy atom. The Bertz CT molecular complexity index is 419. The van der Waals surface area contributed by atoms with Gasteiger partial charge in [0.25, 0.3) is 0 Å². The monoisotopic (exact) mass is 434 g/mol. The first-order valence-corrected chi connectivity index (χ1v) is 8.77. The quantitative estimate of drug-likeness (QED) is 0.181. The molecule has 1 amide bonds. The number of hydrogen-bond acceptors (Lipinski definition) is 2. The number of halogens is 1. The molecule has 5 nitrogen and oxygen atoms in total. The largest absolute Gasteiger partial charge is 0.357 e. The molecule has 3 N–H and O–H groups in total. The van der Waals surface area contributed by atoms with Crippen molar-refractivity contribution in [1.82, 2.24) is 16.0 Å². The van der Waals surface area contributed by atoms with Gasteiger partial charge >= 0.3 is 0 Å². The summed E-state index contributed by atoms with van der Waals surface area (Å²) in [7, 11) is 0. The van der Waals surface area contributed by atoms with E-state index in [0.29, 0.717) is 13.1 Å². The van der Waals surface area contributed by atoms with Crippen molar-refractivity contribution in [2.45, 2.75) is 51.9 Å². The molecule has 0 aliphatic heterocycles. The molecule has 0 radical (unpaired) electrons. The number of rotatable bonds is 8. The van der Waals surface area contributed by atoms with Gasteiger partial charge in [0.15, 0.2) is 5.96 Å². The third kappa shape index (κ3) is 8.58. The van der Waals surface area contributed by atoms with Crippen molar-refractivity contribution in [2.24, 2.45) is 10.9 Å². The Kier molecular flexibility index (Phi) is 10.3. The number of nitrogens with one attached hydrogen (secondary N) is 3. The molecule has 1 fully saturated rings. The van der Waals surface area contributed by atoms with Crippen LogP contribution < -0.4 is 16.0 Å². The minimum atomic E-state index is 0. The number of guanidine groups is 1. The lowest BCUT2D eigenvalue weighted by atomic mass is 9.97. The average molecular weight is 434 g/mol. The molecule has 0 aromatic heterocycles. The van der Waals surface area contributed by atoms with Crippen LogP contribution in [0.25, 0.3) is 0 Å². The van der Waals surface area contributed by atoms with Gasteiger partial charge in [-0.1, -0.05) is 11.6 Å². The van der Waals surface area contributed by atoms with Gasteiger partial charge in [-0.05, 0) is 51.9 Å². The average Bonchev–Trinajstić information content (AvgIpc) is 3.37. The summed E-state index contributed by atoms with van der Waals surface area (Å²) in [5, 5.41) is 9.48. The van der Waals surface area contributed by atoms with Crippen LogP contribution in [0.3, 0.4) is 0 Å². The van der Waals surface area contributed by atoms with Crippen LogP contribution in [0.4, 0.5) is 0 Å². The minimum absolute atomic E-state index is 0. The number of nitrogens with zero attached hydrogens (tertiary/aromatic N) is 1. The van der Waals surface area contributed by atoms with Gasteiger partial charge in [-0.2, -0.15) is 0 Å². The van der Waals surface area contributed by atoms with Crippen LogP contribution in [-0.4, -0.2) is 38.0 Å². The zero-order valence-electron chi connectivity index (χ0n) is 14.2. The Hall–Kier alpha value is -0.790. The van der Waals surface area contributed by atoms with Crippen LogP contribution in [-0.2, 0) is 4.79 Å². The lowest BCUT2D eigenvalue weighted by molar-refractivity contribution is -0.122. The van der Waals surface area contributed by atoms with E-state index in [1.54, 1.807) is 5.57 Å². The van der Waals surface area contributed by atoms with E-state index in [1.807, 2.05) is 0 Å². The second-order valence-corrected chi connectivity index (χ2v) is 6.11. The van der Waals surface area contributed by atoms with Crippen molar-refractivity contribution in [1.29, 1.82) is 0 Å². The molecule has 6 heteroatoms. The van der Waals surface area contributed by atoms with Gasteiger partial charge in [-0.3, -0.25) is 9.79 Å². The molecule has 0 aromatic rings. The van der Waals surface area contributed by atoms with E-state index in [-0.39, 0.29) is 35.8 Å². The number of carbonyl (C=O) groups is 1. The number of aliphatic imine (C=N–C) groups is 1. The summed E-state index contributed by atoms with van der Waals surface area (Å²) in [6, 6.07) is 0. The maximum absolute atomic E-state index is 11.5. The Balaban J connectivity index is 0.00000264. The van der Waals surface area contributed by atoms with Crippen molar-refractivity contribution >= 4 is 35.8 Å². The maximum Gasteiger partial charge on any atom is 0.223 e. The van der Waals surface area contributed by atoms with Crippen molar-refractivity contribution in [3.05, 3.63) is 11.6 Å². The Labute approximate surface area is 157 Å². The molecule has 0 atom stereocenters. The van der Waals surface area contributed by atoms with E-state index >= 15 is 0 Å². The molecule has 0 saturated heterocycles. The second-order valence-electron chi connectivity index (χ2n) is 6.11. The van der Waals surface area contributed by atoms with E-state index in [0.717, 1.165) is 38.3 Å². The van der Waals surface area contributed by atoms with Gasteiger partial charge in [0, 0.05) is 32.1 Å². The number of hydrogen-bond donors (Lipinski definition) is 3. The van der Waals surface area contributed by atoms with E-state index in [4.69, 9.17) is 0 Å². The Morgan fingerprint density at radius 1 is 1.22 bits per heavy atom. The van der Waals surface area contributed by atoms with Gasteiger partial charge in [0.2, 0.25) is 5.91 Å². The predicted octanol–water partition coefficient (Wildman–Crippen LogP) is 2.58. The summed E-state index contributed by atoms with van der Waals surface area (Å²) < 4.78 is 0. The third-order valence-electron chi connectivity index (χ3n) is 4.10. The smallest absolute Gasteiger partial charge is 0.223 e. The molecule has 2 rings (SSSR count). The summed E-state index contributed by atoms with van der Waals surface area (Å²) in [5.41, 5.74) is 1.56.